The zero-order valence-electron chi connectivity index (χ0n) is 23.9. The fourth-order valence-electron chi connectivity index (χ4n) is 4.71. The van der Waals surface area contributed by atoms with E-state index >= 15 is 0 Å². The number of hydrogen-bond acceptors (Lipinski definition) is 4. The Hall–Kier alpha value is -3.58. The predicted octanol–water partition coefficient (Wildman–Crippen LogP) is 6.45. The van der Waals surface area contributed by atoms with Crippen LogP contribution in [0.25, 0.3) is 0 Å². The van der Waals surface area contributed by atoms with E-state index in [0.717, 1.165) is 18.7 Å². The molecular weight excluding hydrogens is 546 g/mol. The average molecular weight is 581 g/mol. The fraction of sp³-hybridized carbons (Fsp3) is 0.200. The summed E-state index contributed by atoms with van der Waals surface area (Å²) in [7, 11) is -1.42. The minimum Gasteiger partial charge on any atom is -0.295 e. The summed E-state index contributed by atoms with van der Waals surface area (Å²) in [6.45, 7) is 6.30. The van der Waals surface area contributed by atoms with Crippen LogP contribution in [0.1, 0.15) is 75.5 Å². The van der Waals surface area contributed by atoms with Crippen LogP contribution in [0, 0.1) is 0 Å². The molecule has 41 heavy (non-hydrogen) atoms. The van der Waals surface area contributed by atoms with Gasteiger partial charge >= 0.3 is 0 Å². The van der Waals surface area contributed by atoms with Crippen LogP contribution in [-0.4, -0.2) is 35.5 Å². The first kappa shape index (κ1) is 30.4. The molecule has 0 atom stereocenters. The molecule has 0 fully saturated rings. The standard InChI is InChI=1S/C35H34O4P2/c1-24(36)28-6-14-32(15-7-28)40(33-16-8-29(9-17-33)25(2)37)22-5-23-41(34-18-10-30(11-19-34)26(3)38)35-20-12-31(13-21-35)27(4)39/h6-21H,5,22-23H2,1-4H3. The molecular formula is C35H34O4P2. The van der Waals surface area contributed by atoms with E-state index in [9.17, 15) is 19.2 Å². The van der Waals surface area contributed by atoms with Gasteiger partial charge in [-0.15, -0.1) is 0 Å². The van der Waals surface area contributed by atoms with Crippen LogP contribution in [-0.2, 0) is 0 Å². The van der Waals surface area contributed by atoms with Crippen molar-refractivity contribution in [3.8, 4) is 0 Å². The Morgan fingerprint density at radius 1 is 0.390 bits per heavy atom. The van der Waals surface area contributed by atoms with E-state index in [-0.39, 0.29) is 23.1 Å². The van der Waals surface area contributed by atoms with Crippen molar-refractivity contribution in [1.29, 1.82) is 0 Å². The highest BCUT2D eigenvalue weighted by Crippen LogP contribution is 2.39. The summed E-state index contributed by atoms with van der Waals surface area (Å²) in [5.74, 6) is 0.181. The van der Waals surface area contributed by atoms with Crippen molar-refractivity contribution in [2.24, 2.45) is 0 Å². The van der Waals surface area contributed by atoms with Crippen LogP contribution < -0.4 is 21.2 Å². The Morgan fingerprint density at radius 3 is 0.756 bits per heavy atom. The molecule has 0 aliphatic carbocycles. The van der Waals surface area contributed by atoms with Crippen molar-refractivity contribution in [3.05, 3.63) is 119 Å². The van der Waals surface area contributed by atoms with Gasteiger partial charge in [0.2, 0.25) is 0 Å². The summed E-state index contributed by atoms with van der Waals surface area (Å²) in [6.07, 6.45) is 2.86. The molecule has 0 N–H and O–H groups in total. The number of hydrogen-bond donors (Lipinski definition) is 0. The Labute approximate surface area is 244 Å². The molecule has 6 heteroatoms. The minimum absolute atomic E-state index is 0.0453. The summed E-state index contributed by atoms with van der Waals surface area (Å²) in [4.78, 5) is 47.5. The average Bonchev–Trinajstić information content (AvgIpc) is 2.97. The first-order valence-electron chi connectivity index (χ1n) is 13.6. The lowest BCUT2D eigenvalue weighted by Crippen LogP contribution is -2.18. The molecule has 0 aromatic heterocycles. The van der Waals surface area contributed by atoms with Crippen LogP contribution in [0.4, 0.5) is 0 Å². The largest absolute Gasteiger partial charge is 0.295 e. The monoisotopic (exact) mass is 580 g/mol. The van der Waals surface area contributed by atoms with Crippen molar-refractivity contribution >= 4 is 60.2 Å². The van der Waals surface area contributed by atoms with E-state index in [2.05, 4.69) is 48.5 Å². The van der Waals surface area contributed by atoms with Crippen molar-refractivity contribution in [2.75, 3.05) is 12.3 Å². The van der Waals surface area contributed by atoms with Gasteiger partial charge < -0.3 is 0 Å². The molecule has 4 aromatic carbocycles. The lowest BCUT2D eigenvalue weighted by atomic mass is 10.1. The molecule has 4 aromatic rings. The molecule has 4 rings (SSSR count). The summed E-state index contributed by atoms with van der Waals surface area (Å²) in [5.41, 5.74) is 2.79. The SMILES string of the molecule is CC(=O)c1ccc(P(CCCP(c2ccc(C(C)=O)cc2)c2ccc(C(C)=O)cc2)c2ccc(C(C)=O)cc2)cc1. The molecule has 0 aliphatic heterocycles. The van der Waals surface area contributed by atoms with Gasteiger partial charge in [-0.3, -0.25) is 19.2 Å². The second kappa shape index (κ2) is 13.9. The van der Waals surface area contributed by atoms with Crippen LogP contribution in [0.2, 0.25) is 0 Å². The lowest BCUT2D eigenvalue weighted by molar-refractivity contribution is 0.100. The Kier molecular flexibility index (Phi) is 10.3. The normalized spacial score (nSPS) is 11.1. The second-order valence-corrected chi connectivity index (χ2v) is 14.7. The van der Waals surface area contributed by atoms with Gasteiger partial charge in [-0.05, 0) is 83.5 Å². The van der Waals surface area contributed by atoms with Crippen LogP contribution in [0.15, 0.2) is 97.1 Å². The van der Waals surface area contributed by atoms with Gasteiger partial charge in [0.15, 0.2) is 23.1 Å². The summed E-state index contributed by atoms with van der Waals surface area (Å²) < 4.78 is 0. The first-order chi connectivity index (χ1) is 19.6. The van der Waals surface area contributed by atoms with E-state index in [4.69, 9.17) is 0 Å². The van der Waals surface area contributed by atoms with E-state index in [0.29, 0.717) is 22.3 Å². The molecule has 0 amide bonds. The summed E-state index contributed by atoms with van der Waals surface area (Å²) in [5, 5.41) is 4.78. The van der Waals surface area contributed by atoms with Gasteiger partial charge in [-0.2, -0.15) is 0 Å². The van der Waals surface area contributed by atoms with Gasteiger partial charge in [0.05, 0.1) is 0 Å². The second-order valence-electron chi connectivity index (χ2n) is 10.1. The smallest absolute Gasteiger partial charge is 0.159 e. The molecule has 0 bridgehead atoms. The number of benzene rings is 4. The summed E-state index contributed by atoms with van der Waals surface area (Å²) in [6, 6.07) is 31.7. The predicted molar refractivity (Wildman–Crippen MR) is 173 cm³/mol. The van der Waals surface area contributed by atoms with E-state index in [1.54, 1.807) is 27.7 Å². The first-order valence-corrected chi connectivity index (χ1v) is 16.7. The lowest BCUT2D eigenvalue weighted by Gasteiger charge is -2.23. The van der Waals surface area contributed by atoms with Crippen molar-refractivity contribution in [3.63, 3.8) is 0 Å². The minimum atomic E-state index is -0.712. The highest BCUT2D eigenvalue weighted by atomic mass is 31.1. The van der Waals surface area contributed by atoms with Crippen molar-refractivity contribution in [2.45, 2.75) is 34.1 Å². The number of rotatable bonds is 12. The van der Waals surface area contributed by atoms with Gasteiger partial charge in [0, 0.05) is 22.3 Å². The highest BCUT2D eigenvalue weighted by molar-refractivity contribution is 7.74. The fourth-order valence-corrected chi connectivity index (χ4v) is 9.57. The third-order valence-electron chi connectivity index (χ3n) is 7.11. The highest BCUT2D eigenvalue weighted by Gasteiger charge is 2.19. The van der Waals surface area contributed by atoms with Crippen molar-refractivity contribution in [1.82, 2.24) is 0 Å². The van der Waals surface area contributed by atoms with E-state index in [1.165, 1.54) is 21.2 Å². The third-order valence-corrected chi connectivity index (χ3v) is 12.3. The Balaban J connectivity index is 1.62. The number of carbonyl (C=O) groups excluding carboxylic acids is 4. The number of ketones is 4. The molecule has 0 unspecified atom stereocenters. The maximum Gasteiger partial charge on any atom is 0.159 e. The van der Waals surface area contributed by atoms with Crippen LogP contribution in [0.3, 0.4) is 0 Å². The van der Waals surface area contributed by atoms with E-state index < -0.39 is 15.8 Å². The summed E-state index contributed by atoms with van der Waals surface area (Å²) >= 11 is 0. The Bertz CT molecular complexity index is 1300. The molecule has 0 saturated heterocycles. The van der Waals surface area contributed by atoms with Crippen LogP contribution in [0.5, 0.6) is 0 Å². The number of Topliss-reactive ketones (excluding diaryl/α,β-unsaturated/α-hetero) is 4. The molecule has 208 valence electrons. The zero-order chi connectivity index (χ0) is 29.5. The third kappa shape index (κ3) is 7.79. The molecule has 0 heterocycles. The molecule has 0 spiro atoms. The van der Waals surface area contributed by atoms with Gasteiger partial charge in [0.1, 0.15) is 0 Å². The topological polar surface area (TPSA) is 68.3 Å². The van der Waals surface area contributed by atoms with Crippen LogP contribution >= 0.6 is 15.8 Å². The zero-order valence-corrected chi connectivity index (χ0v) is 25.7. The molecule has 0 aliphatic rings. The quantitative estimate of drug-likeness (QED) is 0.143. The van der Waals surface area contributed by atoms with Gasteiger partial charge in [-0.25, -0.2) is 0 Å². The maximum absolute atomic E-state index is 11.9. The van der Waals surface area contributed by atoms with Crippen molar-refractivity contribution < 1.29 is 19.2 Å². The molecule has 0 radical (unpaired) electrons. The molecule has 0 saturated carbocycles. The molecule has 4 nitrogen and oxygen atoms in total. The van der Waals surface area contributed by atoms with Gasteiger partial charge in [-0.1, -0.05) is 97.1 Å². The number of carbonyl (C=O) groups is 4. The van der Waals surface area contributed by atoms with Gasteiger partial charge in [0.25, 0.3) is 0 Å². The van der Waals surface area contributed by atoms with E-state index in [1.807, 2.05) is 48.5 Å². The maximum atomic E-state index is 11.9. The Morgan fingerprint density at radius 2 is 0.585 bits per heavy atom.